The van der Waals surface area contributed by atoms with Crippen molar-refractivity contribution >= 4 is 29.0 Å². The van der Waals surface area contributed by atoms with Crippen LogP contribution in [0.4, 0.5) is 11.5 Å². The van der Waals surface area contributed by atoms with Crippen molar-refractivity contribution in [3.63, 3.8) is 0 Å². The maximum Gasteiger partial charge on any atom is 0.256 e. The predicted octanol–water partition coefficient (Wildman–Crippen LogP) is 3.81. The van der Waals surface area contributed by atoms with Gasteiger partial charge >= 0.3 is 0 Å². The Balaban J connectivity index is 2.04. The summed E-state index contributed by atoms with van der Waals surface area (Å²) in [6, 6.07) is 10.8. The van der Waals surface area contributed by atoms with Gasteiger partial charge in [0.05, 0.1) is 11.9 Å². The molecule has 20 heavy (non-hydrogen) atoms. The summed E-state index contributed by atoms with van der Waals surface area (Å²) in [6.45, 7) is 4.10. The Bertz CT molecular complexity index is 596. The van der Waals surface area contributed by atoms with Crippen LogP contribution in [0.2, 0.25) is 5.02 Å². The molecule has 0 unspecified atom stereocenters. The number of nitrogens with zero attached hydrogens (tertiary/aromatic N) is 1. The van der Waals surface area contributed by atoms with Gasteiger partial charge in [-0.05, 0) is 44.2 Å². The van der Waals surface area contributed by atoms with Gasteiger partial charge in [-0.15, -0.1) is 0 Å². The predicted molar refractivity (Wildman–Crippen MR) is 82.4 cm³/mol. The van der Waals surface area contributed by atoms with E-state index >= 15 is 0 Å². The molecule has 0 aliphatic carbocycles. The normalized spacial score (nSPS) is 10.4. The first-order valence-corrected chi connectivity index (χ1v) is 6.72. The molecule has 2 aromatic rings. The Morgan fingerprint density at radius 3 is 2.65 bits per heavy atom. The van der Waals surface area contributed by atoms with Crippen LogP contribution in [0.15, 0.2) is 42.6 Å². The number of carbonyl (C=O) groups is 1. The van der Waals surface area contributed by atoms with Crippen molar-refractivity contribution in [2.75, 3.05) is 10.6 Å². The molecule has 104 valence electrons. The van der Waals surface area contributed by atoms with Crippen LogP contribution in [0.3, 0.4) is 0 Å². The zero-order chi connectivity index (χ0) is 14.5. The summed E-state index contributed by atoms with van der Waals surface area (Å²) in [5.41, 5.74) is 1.42. The molecule has 0 fully saturated rings. The van der Waals surface area contributed by atoms with E-state index < -0.39 is 0 Å². The summed E-state index contributed by atoms with van der Waals surface area (Å²) in [7, 11) is 0. The number of nitrogens with one attached hydrogen (secondary N) is 2. The lowest BCUT2D eigenvalue weighted by atomic mass is 10.2. The van der Waals surface area contributed by atoms with E-state index in [2.05, 4.69) is 29.5 Å². The minimum atomic E-state index is -0.232. The third kappa shape index (κ3) is 3.96. The molecule has 1 aromatic heterocycles. The van der Waals surface area contributed by atoms with Gasteiger partial charge in [0, 0.05) is 16.6 Å². The molecule has 0 aliphatic rings. The number of aromatic nitrogens is 1. The minimum Gasteiger partial charge on any atom is -0.382 e. The van der Waals surface area contributed by atoms with E-state index in [1.54, 1.807) is 36.5 Å². The number of hydrogen-bond donors (Lipinski definition) is 2. The number of amides is 1. The molecule has 2 N–H and O–H groups in total. The summed E-state index contributed by atoms with van der Waals surface area (Å²) < 4.78 is 0. The van der Waals surface area contributed by atoms with Crippen LogP contribution >= 0.6 is 11.6 Å². The Kier molecular flexibility index (Phi) is 4.58. The minimum absolute atomic E-state index is 0.232. The third-order valence-electron chi connectivity index (χ3n) is 2.55. The van der Waals surface area contributed by atoms with Crippen molar-refractivity contribution in [3.8, 4) is 0 Å². The molecule has 0 spiro atoms. The zero-order valence-corrected chi connectivity index (χ0v) is 12.1. The van der Waals surface area contributed by atoms with Crippen LogP contribution in [-0.4, -0.2) is 16.9 Å². The monoisotopic (exact) mass is 289 g/mol. The molecule has 5 heteroatoms. The summed E-state index contributed by atoms with van der Waals surface area (Å²) in [6.07, 6.45) is 1.69. The second kappa shape index (κ2) is 6.39. The number of pyridine rings is 1. The quantitative estimate of drug-likeness (QED) is 0.900. The number of halogens is 1. The maximum atomic E-state index is 12.0. The van der Waals surface area contributed by atoms with E-state index in [1.165, 1.54) is 0 Å². The molecule has 2 rings (SSSR count). The summed E-state index contributed by atoms with van der Waals surface area (Å²) in [4.78, 5) is 16.2. The fourth-order valence-corrected chi connectivity index (χ4v) is 1.90. The molecular formula is C15H16ClN3O. The highest BCUT2D eigenvalue weighted by molar-refractivity contribution is 6.31. The van der Waals surface area contributed by atoms with Crippen LogP contribution in [-0.2, 0) is 0 Å². The van der Waals surface area contributed by atoms with E-state index in [1.807, 2.05) is 6.07 Å². The van der Waals surface area contributed by atoms with Crippen molar-refractivity contribution in [3.05, 3.63) is 53.2 Å². The van der Waals surface area contributed by atoms with Crippen molar-refractivity contribution in [1.82, 2.24) is 4.98 Å². The molecule has 0 radical (unpaired) electrons. The zero-order valence-electron chi connectivity index (χ0n) is 11.4. The van der Waals surface area contributed by atoms with Gasteiger partial charge in [-0.2, -0.15) is 0 Å². The van der Waals surface area contributed by atoms with E-state index in [0.29, 0.717) is 22.4 Å². The van der Waals surface area contributed by atoms with Gasteiger partial charge < -0.3 is 10.6 Å². The molecular weight excluding hydrogens is 274 g/mol. The topological polar surface area (TPSA) is 54.0 Å². The van der Waals surface area contributed by atoms with Crippen molar-refractivity contribution in [2.45, 2.75) is 19.9 Å². The molecule has 0 saturated carbocycles. The molecule has 0 aliphatic heterocycles. The summed E-state index contributed by atoms with van der Waals surface area (Å²) in [5.74, 6) is 0.272. The Hall–Kier alpha value is -2.07. The lowest BCUT2D eigenvalue weighted by molar-refractivity contribution is 0.102. The SMILES string of the molecule is CC(C)Nc1ccc(NC(=O)c2cccc(Cl)c2)nc1. The van der Waals surface area contributed by atoms with E-state index in [9.17, 15) is 4.79 Å². The van der Waals surface area contributed by atoms with Crippen molar-refractivity contribution in [2.24, 2.45) is 0 Å². The number of benzene rings is 1. The van der Waals surface area contributed by atoms with Gasteiger partial charge in [0.15, 0.2) is 0 Å². The molecule has 0 saturated heterocycles. The standard InChI is InChI=1S/C15H16ClN3O/c1-10(2)18-13-6-7-14(17-9-13)19-15(20)11-4-3-5-12(16)8-11/h3-10,18H,1-2H3,(H,17,19,20). The average Bonchev–Trinajstić information content (AvgIpc) is 2.40. The van der Waals surface area contributed by atoms with E-state index in [-0.39, 0.29) is 5.91 Å². The molecule has 1 amide bonds. The third-order valence-corrected chi connectivity index (χ3v) is 2.78. The Morgan fingerprint density at radius 1 is 1.25 bits per heavy atom. The van der Waals surface area contributed by atoms with Crippen LogP contribution in [0.25, 0.3) is 0 Å². The van der Waals surface area contributed by atoms with Crippen molar-refractivity contribution in [1.29, 1.82) is 0 Å². The number of carbonyl (C=O) groups excluding carboxylic acids is 1. The maximum absolute atomic E-state index is 12.0. The smallest absolute Gasteiger partial charge is 0.256 e. The molecule has 0 bridgehead atoms. The van der Waals surface area contributed by atoms with Crippen LogP contribution in [0, 0.1) is 0 Å². The molecule has 1 heterocycles. The first kappa shape index (κ1) is 14.3. The second-order valence-corrected chi connectivity index (χ2v) is 5.13. The van der Waals surface area contributed by atoms with Gasteiger partial charge in [0.1, 0.15) is 5.82 Å². The Labute approximate surface area is 123 Å². The fraction of sp³-hybridized carbons (Fsp3) is 0.200. The van der Waals surface area contributed by atoms with Gasteiger partial charge in [0.2, 0.25) is 0 Å². The number of anilines is 2. The van der Waals surface area contributed by atoms with E-state index in [0.717, 1.165) is 5.69 Å². The average molecular weight is 290 g/mol. The highest BCUT2D eigenvalue weighted by Crippen LogP contribution is 2.14. The fourth-order valence-electron chi connectivity index (χ4n) is 1.70. The highest BCUT2D eigenvalue weighted by atomic mass is 35.5. The van der Waals surface area contributed by atoms with Gasteiger partial charge in [-0.25, -0.2) is 4.98 Å². The van der Waals surface area contributed by atoms with E-state index in [4.69, 9.17) is 11.6 Å². The summed E-state index contributed by atoms with van der Waals surface area (Å²) in [5, 5.41) is 6.49. The van der Waals surface area contributed by atoms with Crippen LogP contribution in [0.1, 0.15) is 24.2 Å². The first-order valence-electron chi connectivity index (χ1n) is 6.34. The summed E-state index contributed by atoms with van der Waals surface area (Å²) >= 11 is 5.86. The van der Waals surface area contributed by atoms with Crippen LogP contribution < -0.4 is 10.6 Å². The number of hydrogen-bond acceptors (Lipinski definition) is 3. The highest BCUT2D eigenvalue weighted by Gasteiger charge is 2.07. The van der Waals surface area contributed by atoms with Crippen LogP contribution in [0.5, 0.6) is 0 Å². The molecule has 4 nitrogen and oxygen atoms in total. The van der Waals surface area contributed by atoms with Gasteiger partial charge in [0.25, 0.3) is 5.91 Å². The van der Waals surface area contributed by atoms with Crippen molar-refractivity contribution < 1.29 is 4.79 Å². The lowest BCUT2D eigenvalue weighted by Crippen LogP contribution is -2.13. The molecule has 0 atom stereocenters. The number of rotatable bonds is 4. The van der Waals surface area contributed by atoms with Gasteiger partial charge in [-0.1, -0.05) is 17.7 Å². The van der Waals surface area contributed by atoms with Gasteiger partial charge in [-0.3, -0.25) is 4.79 Å². The largest absolute Gasteiger partial charge is 0.382 e. The molecule has 1 aromatic carbocycles. The lowest BCUT2D eigenvalue weighted by Gasteiger charge is -2.10. The Morgan fingerprint density at radius 2 is 2.05 bits per heavy atom. The first-order chi connectivity index (χ1) is 9.54. The second-order valence-electron chi connectivity index (χ2n) is 4.70.